The van der Waals surface area contributed by atoms with E-state index in [1.165, 1.54) is 11.4 Å². The normalized spacial score (nSPS) is 23.9. The van der Waals surface area contributed by atoms with Crippen molar-refractivity contribution < 1.29 is 0 Å². The van der Waals surface area contributed by atoms with E-state index in [0.717, 1.165) is 19.6 Å². The van der Waals surface area contributed by atoms with Gasteiger partial charge in [0.25, 0.3) is 0 Å². The van der Waals surface area contributed by atoms with Gasteiger partial charge < -0.3 is 10.6 Å². The second-order valence-corrected chi connectivity index (χ2v) is 4.80. The number of thiazole rings is 1. The van der Waals surface area contributed by atoms with Crippen molar-refractivity contribution in [3.05, 3.63) is 16.6 Å². The van der Waals surface area contributed by atoms with Gasteiger partial charge >= 0.3 is 0 Å². The van der Waals surface area contributed by atoms with Crippen LogP contribution in [0.25, 0.3) is 0 Å². The Balaban J connectivity index is 1.74. The zero-order valence-electron chi connectivity index (χ0n) is 8.49. The average Bonchev–Trinajstić information content (AvgIpc) is 2.87. The summed E-state index contributed by atoms with van der Waals surface area (Å²) in [5.41, 5.74) is 0. The standard InChI is InChI=1S/C10H17N3S/c1-8(10-12-4-5-14-10)6-13-9-2-3-11-7-9/h4-5,8-9,11,13H,2-3,6-7H2,1H3. The lowest BCUT2D eigenvalue weighted by Crippen LogP contribution is -2.33. The summed E-state index contributed by atoms with van der Waals surface area (Å²) in [6.45, 7) is 5.54. The summed E-state index contributed by atoms with van der Waals surface area (Å²) in [5, 5.41) is 10.2. The van der Waals surface area contributed by atoms with Gasteiger partial charge in [-0.2, -0.15) is 0 Å². The van der Waals surface area contributed by atoms with Crippen LogP contribution in [0, 0.1) is 0 Å². The van der Waals surface area contributed by atoms with Crippen LogP contribution < -0.4 is 10.6 Å². The maximum absolute atomic E-state index is 4.32. The molecule has 3 nitrogen and oxygen atoms in total. The molecule has 2 rings (SSSR count). The molecule has 14 heavy (non-hydrogen) atoms. The van der Waals surface area contributed by atoms with Crippen molar-refractivity contribution in [2.24, 2.45) is 0 Å². The Morgan fingerprint density at radius 3 is 3.36 bits per heavy atom. The minimum absolute atomic E-state index is 0.538. The molecule has 0 spiro atoms. The molecule has 0 saturated carbocycles. The predicted molar refractivity (Wildman–Crippen MR) is 59.8 cm³/mol. The van der Waals surface area contributed by atoms with E-state index in [0.29, 0.717) is 12.0 Å². The van der Waals surface area contributed by atoms with Gasteiger partial charge in [0.05, 0.1) is 5.01 Å². The summed E-state index contributed by atoms with van der Waals surface area (Å²) in [4.78, 5) is 4.32. The first-order valence-electron chi connectivity index (χ1n) is 5.20. The molecule has 2 atom stereocenters. The first-order chi connectivity index (χ1) is 6.86. The smallest absolute Gasteiger partial charge is 0.0965 e. The Morgan fingerprint density at radius 2 is 2.71 bits per heavy atom. The van der Waals surface area contributed by atoms with Gasteiger partial charge in [0, 0.05) is 36.6 Å². The van der Waals surface area contributed by atoms with Crippen LogP contribution in [0.5, 0.6) is 0 Å². The third-order valence-electron chi connectivity index (χ3n) is 2.65. The van der Waals surface area contributed by atoms with Crippen LogP contribution in [0.2, 0.25) is 0 Å². The van der Waals surface area contributed by atoms with Crippen molar-refractivity contribution in [3.63, 3.8) is 0 Å². The molecular formula is C10H17N3S. The summed E-state index contributed by atoms with van der Waals surface area (Å²) < 4.78 is 0. The van der Waals surface area contributed by atoms with Crippen molar-refractivity contribution in [1.29, 1.82) is 0 Å². The third kappa shape index (κ3) is 2.53. The highest BCUT2D eigenvalue weighted by Crippen LogP contribution is 2.16. The summed E-state index contributed by atoms with van der Waals surface area (Å²) in [7, 11) is 0. The molecule has 1 aromatic heterocycles. The minimum Gasteiger partial charge on any atom is -0.315 e. The fourth-order valence-electron chi connectivity index (χ4n) is 1.74. The van der Waals surface area contributed by atoms with Gasteiger partial charge in [0.2, 0.25) is 0 Å². The molecule has 0 aliphatic carbocycles. The van der Waals surface area contributed by atoms with Gasteiger partial charge in [0.15, 0.2) is 0 Å². The fourth-order valence-corrected chi connectivity index (χ4v) is 2.44. The van der Waals surface area contributed by atoms with E-state index in [4.69, 9.17) is 0 Å². The van der Waals surface area contributed by atoms with Crippen LogP contribution in [0.3, 0.4) is 0 Å². The van der Waals surface area contributed by atoms with E-state index >= 15 is 0 Å². The molecule has 0 amide bonds. The molecule has 1 aliphatic rings. The van der Waals surface area contributed by atoms with Crippen molar-refractivity contribution >= 4 is 11.3 Å². The Kier molecular flexibility index (Phi) is 3.50. The van der Waals surface area contributed by atoms with E-state index < -0.39 is 0 Å². The van der Waals surface area contributed by atoms with Crippen LogP contribution in [-0.2, 0) is 0 Å². The van der Waals surface area contributed by atoms with Gasteiger partial charge in [-0.3, -0.25) is 0 Å². The molecule has 2 heterocycles. The van der Waals surface area contributed by atoms with Gasteiger partial charge in [-0.05, 0) is 13.0 Å². The van der Waals surface area contributed by atoms with Gasteiger partial charge in [0.1, 0.15) is 0 Å². The van der Waals surface area contributed by atoms with E-state index in [9.17, 15) is 0 Å². The maximum atomic E-state index is 4.32. The summed E-state index contributed by atoms with van der Waals surface area (Å²) in [6, 6.07) is 0.664. The Bertz CT molecular complexity index is 254. The zero-order valence-corrected chi connectivity index (χ0v) is 9.31. The number of nitrogens with zero attached hydrogens (tertiary/aromatic N) is 1. The monoisotopic (exact) mass is 211 g/mol. The maximum Gasteiger partial charge on any atom is 0.0965 e. The number of nitrogens with one attached hydrogen (secondary N) is 2. The lowest BCUT2D eigenvalue weighted by Gasteiger charge is -2.14. The van der Waals surface area contributed by atoms with Gasteiger partial charge in [-0.1, -0.05) is 6.92 Å². The van der Waals surface area contributed by atoms with Crippen LogP contribution in [0.4, 0.5) is 0 Å². The summed E-state index contributed by atoms with van der Waals surface area (Å²) in [6.07, 6.45) is 3.14. The van der Waals surface area contributed by atoms with E-state index in [1.54, 1.807) is 11.3 Å². The van der Waals surface area contributed by atoms with E-state index in [2.05, 4.69) is 22.5 Å². The molecule has 2 unspecified atom stereocenters. The van der Waals surface area contributed by atoms with Crippen molar-refractivity contribution in [2.75, 3.05) is 19.6 Å². The summed E-state index contributed by atoms with van der Waals surface area (Å²) in [5.74, 6) is 0.538. The van der Waals surface area contributed by atoms with Crippen LogP contribution in [0.1, 0.15) is 24.3 Å². The van der Waals surface area contributed by atoms with Gasteiger partial charge in [-0.25, -0.2) is 4.98 Å². The molecule has 1 aromatic rings. The van der Waals surface area contributed by atoms with E-state index in [-0.39, 0.29) is 0 Å². The lowest BCUT2D eigenvalue weighted by atomic mass is 10.1. The molecular weight excluding hydrogens is 194 g/mol. The van der Waals surface area contributed by atoms with Crippen LogP contribution in [0.15, 0.2) is 11.6 Å². The molecule has 1 fully saturated rings. The SMILES string of the molecule is CC(CNC1CCNC1)c1nccs1. The summed E-state index contributed by atoms with van der Waals surface area (Å²) >= 11 is 1.75. The lowest BCUT2D eigenvalue weighted by molar-refractivity contribution is 0.517. The molecule has 0 radical (unpaired) electrons. The van der Waals surface area contributed by atoms with Crippen molar-refractivity contribution in [1.82, 2.24) is 15.6 Å². The largest absolute Gasteiger partial charge is 0.315 e. The van der Waals surface area contributed by atoms with Crippen LogP contribution in [-0.4, -0.2) is 30.7 Å². The highest BCUT2D eigenvalue weighted by Gasteiger charge is 2.15. The van der Waals surface area contributed by atoms with Gasteiger partial charge in [-0.15, -0.1) is 11.3 Å². The molecule has 1 aliphatic heterocycles. The number of rotatable bonds is 4. The van der Waals surface area contributed by atoms with Crippen LogP contribution >= 0.6 is 11.3 Å². The third-order valence-corrected chi connectivity index (χ3v) is 3.65. The second kappa shape index (κ2) is 4.87. The first-order valence-corrected chi connectivity index (χ1v) is 6.07. The molecule has 4 heteroatoms. The number of hydrogen-bond donors (Lipinski definition) is 2. The molecule has 2 N–H and O–H groups in total. The molecule has 0 bridgehead atoms. The van der Waals surface area contributed by atoms with E-state index in [1.807, 2.05) is 11.6 Å². The fraction of sp³-hybridized carbons (Fsp3) is 0.700. The quantitative estimate of drug-likeness (QED) is 0.786. The average molecular weight is 211 g/mol. The number of aromatic nitrogens is 1. The Hall–Kier alpha value is -0.450. The zero-order chi connectivity index (χ0) is 9.80. The van der Waals surface area contributed by atoms with Crippen molar-refractivity contribution in [2.45, 2.75) is 25.3 Å². The minimum atomic E-state index is 0.538. The first kappa shape index (κ1) is 10.1. The van der Waals surface area contributed by atoms with Crippen molar-refractivity contribution in [3.8, 4) is 0 Å². The second-order valence-electron chi connectivity index (χ2n) is 3.87. The number of hydrogen-bond acceptors (Lipinski definition) is 4. The topological polar surface area (TPSA) is 37.0 Å². The molecule has 0 aromatic carbocycles. The highest BCUT2D eigenvalue weighted by atomic mass is 32.1. The Labute approximate surface area is 88.9 Å². The molecule has 1 saturated heterocycles. The Morgan fingerprint density at radius 1 is 1.79 bits per heavy atom. The highest BCUT2D eigenvalue weighted by molar-refractivity contribution is 7.09. The predicted octanol–water partition coefficient (Wildman–Crippen LogP) is 1.20. The molecule has 78 valence electrons.